The predicted octanol–water partition coefficient (Wildman–Crippen LogP) is 3.28. The second kappa shape index (κ2) is 7.82. The Kier molecular flexibility index (Phi) is 4.97. The van der Waals surface area contributed by atoms with Crippen LogP contribution in [0.1, 0.15) is 36.6 Å². The molecule has 1 N–H and O–H groups in total. The van der Waals surface area contributed by atoms with Crippen molar-refractivity contribution in [2.24, 2.45) is 5.92 Å². The fraction of sp³-hybridized carbons (Fsp3) is 0.321. The first-order valence-electron chi connectivity index (χ1n) is 11.8. The Balaban J connectivity index is 1.59. The summed E-state index contributed by atoms with van der Waals surface area (Å²) in [5.41, 5.74) is 3.40. The Hall–Kier alpha value is -2.90. The first-order valence-corrected chi connectivity index (χ1v) is 13.4. The molecule has 3 heterocycles. The maximum absolute atomic E-state index is 14.8. The van der Waals surface area contributed by atoms with E-state index in [1.165, 1.54) is 0 Å². The summed E-state index contributed by atoms with van der Waals surface area (Å²) in [6, 6.07) is 20.7. The molecule has 5 nitrogen and oxygen atoms in total. The Morgan fingerprint density at radius 2 is 1.82 bits per heavy atom. The monoisotopic (exact) mass is 471 g/mol. The van der Waals surface area contributed by atoms with Gasteiger partial charge in [0.05, 0.1) is 19.2 Å². The van der Waals surface area contributed by atoms with Crippen LogP contribution in [0.4, 0.5) is 0 Å². The summed E-state index contributed by atoms with van der Waals surface area (Å²) >= 11 is 0. The van der Waals surface area contributed by atoms with E-state index in [0.717, 1.165) is 53.5 Å². The molecule has 1 fully saturated rings. The van der Waals surface area contributed by atoms with E-state index in [4.69, 9.17) is 4.52 Å². The van der Waals surface area contributed by atoms with Crippen molar-refractivity contribution < 1.29 is 18.8 Å². The molecule has 2 bridgehead atoms. The number of phenols is 1. The van der Waals surface area contributed by atoms with Gasteiger partial charge in [-0.2, -0.15) is 4.57 Å². The number of rotatable bonds is 1. The molecule has 172 valence electrons. The average Bonchev–Trinajstić information content (AvgIpc) is 3.06. The van der Waals surface area contributed by atoms with Gasteiger partial charge in [-0.3, -0.25) is 9.46 Å². The van der Waals surface area contributed by atoms with Crippen molar-refractivity contribution >= 4 is 18.1 Å². The van der Waals surface area contributed by atoms with Gasteiger partial charge in [-0.15, -0.1) is 0 Å². The van der Waals surface area contributed by atoms with Crippen LogP contribution in [-0.2, 0) is 21.2 Å². The predicted molar refractivity (Wildman–Crippen MR) is 132 cm³/mol. The lowest BCUT2D eigenvalue weighted by atomic mass is 9.85. The van der Waals surface area contributed by atoms with E-state index in [9.17, 15) is 9.67 Å². The first-order chi connectivity index (χ1) is 16.4. The van der Waals surface area contributed by atoms with Crippen LogP contribution in [0.2, 0.25) is 0 Å². The van der Waals surface area contributed by atoms with Crippen molar-refractivity contribution in [1.29, 1.82) is 0 Å². The smallest absolute Gasteiger partial charge is 0.324 e. The van der Waals surface area contributed by atoms with E-state index in [1.807, 2.05) is 36.4 Å². The molecule has 0 amide bonds. The minimum atomic E-state index is -3.32. The molecule has 3 aliphatic rings. The fourth-order valence-corrected chi connectivity index (χ4v) is 8.64. The summed E-state index contributed by atoms with van der Waals surface area (Å²) in [6.45, 7) is 4.00. The van der Waals surface area contributed by atoms with Crippen LogP contribution in [0.25, 0.3) is 0 Å². The average molecular weight is 472 g/mol. The van der Waals surface area contributed by atoms with Gasteiger partial charge in [0, 0.05) is 40.9 Å². The topological polar surface area (TPSA) is 53.7 Å². The van der Waals surface area contributed by atoms with Crippen LogP contribution < -0.4 is 15.3 Å². The van der Waals surface area contributed by atoms with Crippen molar-refractivity contribution in [3.63, 3.8) is 0 Å². The standard InChI is InChI=1S/C28H27N2O3P/c1-20-14-25-17-28(20)19-29(2)18-23-15-22(9-8-21-10-12-24(31)13-11-21)16-27(30(23)28)34(32,33-25)26-6-4-3-5-7-26/h3-7,10-13,15-16,20,25H,14,17-19H2,1-2H3/p+1. The van der Waals surface area contributed by atoms with Gasteiger partial charge in [0.15, 0.2) is 11.2 Å². The Bertz CT molecular complexity index is 1380. The van der Waals surface area contributed by atoms with Gasteiger partial charge in [0.25, 0.3) is 5.44 Å². The first kappa shape index (κ1) is 21.6. The quantitative estimate of drug-likeness (QED) is 0.336. The lowest BCUT2D eigenvalue weighted by Gasteiger charge is -2.38. The third-order valence-corrected chi connectivity index (χ3v) is 10.1. The normalized spacial score (nSPS) is 29.6. The van der Waals surface area contributed by atoms with Crippen molar-refractivity contribution in [2.75, 3.05) is 13.6 Å². The molecule has 4 atom stereocenters. The van der Waals surface area contributed by atoms with Crippen LogP contribution in [0.3, 0.4) is 0 Å². The maximum atomic E-state index is 14.8. The summed E-state index contributed by atoms with van der Waals surface area (Å²) in [6.07, 6.45) is 1.75. The van der Waals surface area contributed by atoms with Gasteiger partial charge in [-0.1, -0.05) is 37.0 Å². The van der Waals surface area contributed by atoms with Crippen molar-refractivity contribution in [2.45, 2.75) is 38.0 Å². The SMILES string of the molecule is CC1CC2CC13CN(C)Cc1cc(C#Cc4ccc(O)cc4)cc([n+]13)P(=O)(c1ccccc1)O2. The summed E-state index contributed by atoms with van der Waals surface area (Å²) in [7, 11) is -1.16. The minimum absolute atomic E-state index is 0.0354. The number of pyridine rings is 1. The van der Waals surface area contributed by atoms with E-state index in [-0.39, 0.29) is 17.4 Å². The molecule has 1 spiro atoms. The summed E-state index contributed by atoms with van der Waals surface area (Å²) in [4.78, 5) is 2.37. The third kappa shape index (κ3) is 3.33. The summed E-state index contributed by atoms with van der Waals surface area (Å²) in [5.74, 6) is 7.11. The van der Waals surface area contributed by atoms with Gasteiger partial charge in [-0.05, 0) is 49.9 Å². The highest BCUT2D eigenvalue weighted by Crippen LogP contribution is 2.54. The third-order valence-electron chi connectivity index (χ3n) is 7.57. The van der Waals surface area contributed by atoms with E-state index >= 15 is 0 Å². The molecule has 4 unspecified atom stereocenters. The molecule has 34 heavy (non-hydrogen) atoms. The highest BCUT2D eigenvalue weighted by molar-refractivity contribution is 7.73. The molecule has 0 saturated heterocycles. The van der Waals surface area contributed by atoms with E-state index in [0.29, 0.717) is 5.92 Å². The molecule has 1 aromatic heterocycles. The van der Waals surface area contributed by atoms with Crippen LogP contribution in [-0.4, -0.2) is 29.7 Å². The Morgan fingerprint density at radius 3 is 2.59 bits per heavy atom. The highest BCUT2D eigenvalue weighted by Gasteiger charge is 2.63. The van der Waals surface area contributed by atoms with Crippen molar-refractivity contribution in [3.8, 4) is 17.6 Å². The number of hydrogen-bond acceptors (Lipinski definition) is 4. The number of likely N-dealkylation sites (N-methyl/N-ethyl adjacent to an activating group) is 1. The number of nitrogens with zero attached hydrogens (tertiary/aromatic N) is 2. The Labute approximate surface area is 200 Å². The molecule has 1 saturated carbocycles. The molecule has 3 aromatic rings. The number of phenolic OH excluding ortho intramolecular Hbond substituents is 1. The van der Waals surface area contributed by atoms with Crippen molar-refractivity contribution in [1.82, 2.24) is 4.90 Å². The summed E-state index contributed by atoms with van der Waals surface area (Å²) in [5, 5.41) is 10.3. The lowest BCUT2D eigenvalue weighted by Crippen LogP contribution is -2.74. The largest absolute Gasteiger partial charge is 0.508 e. The van der Waals surface area contributed by atoms with Gasteiger partial charge in [0.1, 0.15) is 5.75 Å². The lowest BCUT2D eigenvalue weighted by molar-refractivity contribution is -0.768. The molecule has 6 heteroatoms. The zero-order chi connectivity index (χ0) is 23.5. The zero-order valence-electron chi connectivity index (χ0n) is 19.4. The molecule has 2 aliphatic heterocycles. The number of aromatic nitrogens is 1. The second-order valence-electron chi connectivity index (χ2n) is 9.96. The van der Waals surface area contributed by atoms with Gasteiger partial charge >= 0.3 is 7.37 Å². The summed E-state index contributed by atoms with van der Waals surface area (Å²) < 4.78 is 23.8. The number of fused-ring (bicyclic) bond motifs is 1. The van der Waals surface area contributed by atoms with Gasteiger partial charge < -0.3 is 9.63 Å². The van der Waals surface area contributed by atoms with Crippen LogP contribution >= 0.6 is 7.37 Å². The van der Waals surface area contributed by atoms with Crippen LogP contribution in [0.15, 0.2) is 66.7 Å². The van der Waals surface area contributed by atoms with E-state index in [1.54, 1.807) is 24.3 Å². The molecule has 6 rings (SSSR count). The molecular weight excluding hydrogens is 443 g/mol. The maximum Gasteiger partial charge on any atom is 0.324 e. The van der Waals surface area contributed by atoms with Crippen molar-refractivity contribution in [3.05, 3.63) is 83.6 Å². The fourth-order valence-electron chi connectivity index (χ4n) is 6.10. The molecule has 0 radical (unpaired) electrons. The zero-order valence-corrected chi connectivity index (χ0v) is 20.3. The number of benzene rings is 2. The molecular formula is C28H28N2O3P+. The van der Waals surface area contributed by atoms with Crippen LogP contribution in [0.5, 0.6) is 5.75 Å². The van der Waals surface area contributed by atoms with E-state index in [2.05, 4.69) is 41.3 Å². The molecule has 2 aromatic carbocycles. The van der Waals surface area contributed by atoms with Gasteiger partial charge in [0.2, 0.25) is 0 Å². The number of hydrogen-bond donors (Lipinski definition) is 1. The van der Waals surface area contributed by atoms with E-state index < -0.39 is 7.37 Å². The van der Waals surface area contributed by atoms with Gasteiger partial charge in [-0.25, -0.2) is 0 Å². The second-order valence-corrected chi connectivity index (χ2v) is 12.2. The Morgan fingerprint density at radius 1 is 1.09 bits per heavy atom. The highest BCUT2D eigenvalue weighted by atomic mass is 31.2. The number of aromatic hydroxyl groups is 1. The minimum Gasteiger partial charge on any atom is -0.508 e. The molecule has 1 aliphatic carbocycles. The van der Waals surface area contributed by atoms with Crippen LogP contribution in [0, 0.1) is 17.8 Å².